The van der Waals surface area contributed by atoms with Crippen LogP contribution in [0.2, 0.25) is 0 Å². The minimum absolute atomic E-state index is 0.113. The number of hydrogen-bond donors (Lipinski definition) is 1. The Morgan fingerprint density at radius 2 is 2.00 bits per heavy atom. The number of carbonyl (C=O) groups is 2. The summed E-state index contributed by atoms with van der Waals surface area (Å²) in [6.07, 6.45) is 1.44. The molecule has 1 fully saturated rings. The highest BCUT2D eigenvalue weighted by Gasteiger charge is 2.22. The molecule has 0 aromatic heterocycles. The maximum absolute atomic E-state index is 12.4. The summed E-state index contributed by atoms with van der Waals surface area (Å²) >= 11 is 0. The largest absolute Gasteiger partial charge is 0.491 e. The number of nitrogens with one attached hydrogen (secondary N) is 1. The fourth-order valence-corrected chi connectivity index (χ4v) is 2.82. The molecule has 0 saturated carbocycles. The molecular formula is C20H22N2O3. The molecule has 0 aliphatic carbocycles. The zero-order chi connectivity index (χ0) is 17.6. The fraction of sp³-hybridized carbons (Fsp3) is 0.300. The number of benzene rings is 2. The Labute approximate surface area is 147 Å². The summed E-state index contributed by atoms with van der Waals surface area (Å²) in [4.78, 5) is 26.0. The maximum Gasteiger partial charge on any atom is 0.251 e. The van der Waals surface area contributed by atoms with Gasteiger partial charge in [0.1, 0.15) is 12.4 Å². The van der Waals surface area contributed by atoms with E-state index in [-0.39, 0.29) is 17.9 Å². The first-order chi connectivity index (χ1) is 12.1. The molecule has 5 heteroatoms. The van der Waals surface area contributed by atoms with Gasteiger partial charge in [-0.25, -0.2) is 0 Å². The number of hydrogen-bond acceptors (Lipinski definition) is 3. The van der Waals surface area contributed by atoms with Gasteiger partial charge in [0.05, 0.1) is 6.04 Å². The standard InChI is InChI=1S/C20H22N2O3/c1-15(14-25-18-9-3-2-4-10-18)21-20(24)16-7-5-8-17(13-16)22-12-6-11-19(22)23/h2-5,7-10,13,15H,6,11-12,14H2,1H3,(H,21,24)/t15-/m0/s1. The lowest BCUT2D eigenvalue weighted by molar-refractivity contribution is -0.117. The van der Waals surface area contributed by atoms with Crippen molar-refractivity contribution < 1.29 is 14.3 Å². The second-order valence-electron chi connectivity index (χ2n) is 6.20. The predicted molar refractivity (Wildman–Crippen MR) is 96.9 cm³/mol. The highest BCUT2D eigenvalue weighted by atomic mass is 16.5. The Kier molecular flexibility index (Phi) is 5.33. The summed E-state index contributed by atoms with van der Waals surface area (Å²) < 4.78 is 5.66. The van der Waals surface area contributed by atoms with Crippen molar-refractivity contribution in [1.82, 2.24) is 5.32 Å². The van der Waals surface area contributed by atoms with Crippen molar-refractivity contribution >= 4 is 17.5 Å². The second kappa shape index (κ2) is 7.83. The van der Waals surface area contributed by atoms with Crippen LogP contribution < -0.4 is 15.0 Å². The van der Waals surface area contributed by atoms with Gasteiger partial charge in [-0.05, 0) is 43.7 Å². The highest BCUT2D eigenvalue weighted by Crippen LogP contribution is 2.22. The summed E-state index contributed by atoms with van der Waals surface area (Å²) in [5.41, 5.74) is 1.33. The molecule has 1 heterocycles. The van der Waals surface area contributed by atoms with Crippen LogP contribution in [0, 0.1) is 0 Å². The Bertz CT molecular complexity index is 746. The second-order valence-corrected chi connectivity index (χ2v) is 6.20. The van der Waals surface area contributed by atoms with Crippen LogP contribution in [0.1, 0.15) is 30.1 Å². The van der Waals surface area contributed by atoms with Crippen LogP contribution >= 0.6 is 0 Å². The van der Waals surface area contributed by atoms with Crippen molar-refractivity contribution in [2.24, 2.45) is 0 Å². The van der Waals surface area contributed by atoms with Crippen LogP contribution in [0.25, 0.3) is 0 Å². The number of nitrogens with zero attached hydrogens (tertiary/aromatic N) is 1. The zero-order valence-electron chi connectivity index (χ0n) is 14.3. The number of rotatable bonds is 6. The van der Waals surface area contributed by atoms with E-state index in [1.807, 2.05) is 43.3 Å². The highest BCUT2D eigenvalue weighted by molar-refractivity contribution is 5.99. The van der Waals surface area contributed by atoms with Crippen molar-refractivity contribution in [3.8, 4) is 5.75 Å². The first-order valence-electron chi connectivity index (χ1n) is 8.52. The summed E-state index contributed by atoms with van der Waals surface area (Å²) in [6, 6.07) is 16.6. The lowest BCUT2D eigenvalue weighted by Crippen LogP contribution is -2.36. The molecule has 0 unspecified atom stereocenters. The summed E-state index contributed by atoms with van der Waals surface area (Å²) in [7, 11) is 0. The lowest BCUT2D eigenvalue weighted by atomic mass is 10.1. The van der Waals surface area contributed by atoms with Crippen LogP contribution in [-0.4, -0.2) is 31.0 Å². The van der Waals surface area contributed by atoms with E-state index in [1.54, 1.807) is 23.1 Å². The van der Waals surface area contributed by atoms with E-state index in [9.17, 15) is 9.59 Å². The van der Waals surface area contributed by atoms with E-state index in [0.717, 1.165) is 17.9 Å². The average molecular weight is 338 g/mol. The van der Waals surface area contributed by atoms with Gasteiger partial charge in [-0.15, -0.1) is 0 Å². The van der Waals surface area contributed by atoms with Gasteiger partial charge in [0, 0.05) is 24.2 Å². The third-order valence-electron chi connectivity index (χ3n) is 4.11. The first-order valence-corrected chi connectivity index (χ1v) is 8.52. The van der Waals surface area contributed by atoms with Crippen LogP contribution in [0.4, 0.5) is 5.69 Å². The summed E-state index contributed by atoms with van der Waals surface area (Å²) in [5, 5.41) is 2.93. The van der Waals surface area contributed by atoms with Crippen molar-refractivity contribution in [3.63, 3.8) is 0 Å². The normalized spacial score (nSPS) is 15.1. The minimum Gasteiger partial charge on any atom is -0.491 e. The Balaban J connectivity index is 1.58. The van der Waals surface area contributed by atoms with E-state index in [1.165, 1.54) is 0 Å². The molecule has 1 aliphatic rings. The van der Waals surface area contributed by atoms with Gasteiger partial charge in [0.25, 0.3) is 5.91 Å². The Morgan fingerprint density at radius 3 is 2.72 bits per heavy atom. The molecule has 3 rings (SSSR count). The zero-order valence-corrected chi connectivity index (χ0v) is 14.3. The monoisotopic (exact) mass is 338 g/mol. The third kappa shape index (κ3) is 4.38. The van der Waals surface area contributed by atoms with E-state index in [0.29, 0.717) is 25.1 Å². The minimum atomic E-state index is -0.169. The third-order valence-corrected chi connectivity index (χ3v) is 4.11. The topological polar surface area (TPSA) is 58.6 Å². The molecule has 130 valence electrons. The molecule has 2 aromatic carbocycles. The predicted octanol–water partition coefficient (Wildman–Crippen LogP) is 3.01. The Hall–Kier alpha value is -2.82. The molecule has 0 bridgehead atoms. The molecule has 25 heavy (non-hydrogen) atoms. The van der Waals surface area contributed by atoms with Gasteiger partial charge in [0.15, 0.2) is 0 Å². The van der Waals surface area contributed by atoms with E-state index < -0.39 is 0 Å². The van der Waals surface area contributed by atoms with Gasteiger partial charge in [0.2, 0.25) is 5.91 Å². The molecule has 0 spiro atoms. The maximum atomic E-state index is 12.4. The molecule has 2 aromatic rings. The van der Waals surface area contributed by atoms with E-state index in [2.05, 4.69) is 5.32 Å². The van der Waals surface area contributed by atoms with Crippen LogP contribution in [0.3, 0.4) is 0 Å². The molecule has 0 radical (unpaired) electrons. The number of amides is 2. The van der Waals surface area contributed by atoms with Crippen molar-refractivity contribution in [2.45, 2.75) is 25.8 Å². The molecule has 5 nitrogen and oxygen atoms in total. The molecule has 1 atom stereocenters. The number of para-hydroxylation sites is 1. The number of ether oxygens (including phenoxy) is 1. The van der Waals surface area contributed by atoms with Gasteiger partial charge in [-0.3, -0.25) is 9.59 Å². The number of carbonyl (C=O) groups excluding carboxylic acids is 2. The van der Waals surface area contributed by atoms with Crippen LogP contribution in [-0.2, 0) is 4.79 Å². The summed E-state index contributed by atoms with van der Waals surface area (Å²) in [5.74, 6) is 0.720. The van der Waals surface area contributed by atoms with Gasteiger partial charge in [-0.2, -0.15) is 0 Å². The molecule has 1 saturated heterocycles. The van der Waals surface area contributed by atoms with Gasteiger partial charge in [-0.1, -0.05) is 24.3 Å². The average Bonchev–Trinajstić information content (AvgIpc) is 3.07. The summed E-state index contributed by atoms with van der Waals surface area (Å²) in [6.45, 7) is 3.00. The quantitative estimate of drug-likeness (QED) is 0.881. The number of anilines is 1. The SMILES string of the molecule is C[C@@H](COc1ccccc1)NC(=O)c1cccc(N2CCCC2=O)c1. The van der Waals surface area contributed by atoms with Gasteiger partial charge < -0.3 is 15.0 Å². The first kappa shape index (κ1) is 17.0. The Morgan fingerprint density at radius 1 is 1.20 bits per heavy atom. The van der Waals surface area contributed by atoms with Crippen molar-refractivity contribution in [3.05, 3.63) is 60.2 Å². The van der Waals surface area contributed by atoms with Crippen LogP contribution in [0.5, 0.6) is 5.75 Å². The fourth-order valence-electron chi connectivity index (χ4n) is 2.82. The van der Waals surface area contributed by atoms with E-state index >= 15 is 0 Å². The smallest absolute Gasteiger partial charge is 0.251 e. The van der Waals surface area contributed by atoms with Gasteiger partial charge >= 0.3 is 0 Å². The molecule has 1 aliphatic heterocycles. The lowest BCUT2D eigenvalue weighted by Gasteiger charge is -2.18. The van der Waals surface area contributed by atoms with Crippen molar-refractivity contribution in [2.75, 3.05) is 18.1 Å². The molecule has 2 amide bonds. The molecule has 1 N–H and O–H groups in total. The van der Waals surface area contributed by atoms with Crippen molar-refractivity contribution in [1.29, 1.82) is 0 Å². The molecular weight excluding hydrogens is 316 g/mol. The van der Waals surface area contributed by atoms with E-state index in [4.69, 9.17) is 4.74 Å². The van der Waals surface area contributed by atoms with Crippen LogP contribution in [0.15, 0.2) is 54.6 Å².